The van der Waals surface area contributed by atoms with Gasteiger partial charge in [-0.15, -0.1) is 11.6 Å². The smallest absolute Gasteiger partial charge is 0.248 e. The van der Waals surface area contributed by atoms with Gasteiger partial charge in [-0.3, -0.25) is 0 Å². The largest absolute Gasteiger partial charge is 0.418 e. The fraction of sp³-hybridized carbons (Fsp3) is 0.182. The zero-order valence-corrected chi connectivity index (χ0v) is 10.5. The van der Waals surface area contributed by atoms with E-state index in [9.17, 15) is 22.0 Å². The van der Waals surface area contributed by atoms with Crippen molar-refractivity contribution in [1.29, 1.82) is 0 Å². The Hall–Kier alpha value is -1.14. The van der Waals surface area contributed by atoms with Crippen LogP contribution in [0.5, 0.6) is 0 Å². The molecule has 19 heavy (non-hydrogen) atoms. The lowest BCUT2D eigenvalue weighted by Gasteiger charge is -2.12. The van der Waals surface area contributed by atoms with E-state index in [0.717, 1.165) is 0 Å². The van der Waals surface area contributed by atoms with Crippen molar-refractivity contribution in [2.75, 3.05) is 0 Å². The fourth-order valence-corrected chi connectivity index (χ4v) is 2.10. The second-order valence-corrected chi connectivity index (χ2v) is 4.28. The highest BCUT2D eigenvalue weighted by atomic mass is 35.5. The van der Waals surface area contributed by atoms with E-state index in [1.807, 2.05) is 0 Å². The quantitative estimate of drug-likeness (QED) is 0.537. The first-order valence-corrected chi connectivity index (χ1v) is 5.78. The number of fused-ring (bicyclic) bond motifs is 1. The van der Waals surface area contributed by atoms with Crippen molar-refractivity contribution in [2.24, 2.45) is 0 Å². The molecule has 0 atom stereocenters. The summed E-state index contributed by atoms with van der Waals surface area (Å²) in [5.41, 5.74) is -2.41. The van der Waals surface area contributed by atoms with Gasteiger partial charge in [-0.25, -0.2) is 13.8 Å². The van der Waals surface area contributed by atoms with Gasteiger partial charge in [0.25, 0.3) is 0 Å². The standard InChI is InChI=1S/C11H4Cl2F5N/c12-3-6-9(15)8(13)7-5(14)2-1-4(10(7)19-6)11(16,17)18/h1-2H,3H2. The summed E-state index contributed by atoms with van der Waals surface area (Å²) in [6.45, 7) is 0. The van der Waals surface area contributed by atoms with Crippen molar-refractivity contribution < 1.29 is 22.0 Å². The SMILES string of the molecule is Fc1c(CCl)nc2c(C(F)(F)F)ccc(F)c2c1Cl. The van der Waals surface area contributed by atoms with Gasteiger partial charge in [0.15, 0.2) is 5.82 Å². The molecule has 0 fully saturated rings. The van der Waals surface area contributed by atoms with Crippen molar-refractivity contribution in [3.05, 3.63) is 40.0 Å². The van der Waals surface area contributed by atoms with Gasteiger partial charge in [0, 0.05) is 0 Å². The van der Waals surface area contributed by atoms with Gasteiger partial charge in [-0.05, 0) is 12.1 Å². The summed E-state index contributed by atoms with van der Waals surface area (Å²) >= 11 is 10.9. The average Bonchev–Trinajstić information content (AvgIpc) is 2.31. The van der Waals surface area contributed by atoms with Crippen LogP contribution in [0.2, 0.25) is 5.02 Å². The number of aromatic nitrogens is 1. The van der Waals surface area contributed by atoms with E-state index in [1.165, 1.54) is 0 Å². The third-order valence-electron chi connectivity index (χ3n) is 2.47. The first-order chi connectivity index (χ1) is 8.77. The number of pyridine rings is 1. The fourth-order valence-electron chi connectivity index (χ4n) is 1.63. The molecule has 2 rings (SSSR count). The maximum absolute atomic E-state index is 13.6. The van der Waals surface area contributed by atoms with E-state index in [4.69, 9.17) is 23.2 Å². The Labute approximate surface area is 113 Å². The van der Waals surface area contributed by atoms with Crippen LogP contribution in [-0.4, -0.2) is 4.98 Å². The van der Waals surface area contributed by atoms with Gasteiger partial charge in [0.05, 0.1) is 33.1 Å². The highest BCUT2D eigenvalue weighted by Gasteiger charge is 2.35. The summed E-state index contributed by atoms with van der Waals surface area (Å²) in [4.78, 5) is 3.43. The van der Waals surface area contributed by atoms with E-state index in [1.54, 1.807) is 0 Å². The number of hydrogen-bond donors (Lipinski definition) is 0. The van der Waals surface area contributed by atoms with Gasteiger partial charge >= 0.3 is 6.18 Å². The molecule has 0 spiro atoms. The number of rotatable bonds is 1. The lowest BCUT2D eigenvalue weighted by atomic mass is 10.1. The molecule has 1 aromatic carbocycles. The van der Waals surface area contributed by atoms with Crippen LogP contribution in [0.3, 0.4) is 0 Å². The minimum Gasteiger partial charge on any atom is -0.248 e. The number of hydrogen-bond acceptors (Lipinski definition) is 1. The number of alkyl halides is 4. The lowest BCUT2D eigenvalue weighted by molar-refractivity contribution is -0.136. The molecular formula is C11H4Cl2F5N. The normalized spacial score (nSPS) is 12.2. The molecule has 0 aliphatic rings. The van der Waals surface area contributed by atoms with Crippen LogP contribution < -0.4 is 0 Å². The number of halogens is 7. The number of nitrogens with zero attached hydrogens (tertiary/aromatic N) is 1. The molecule has 2 aromatic rings. The highest BCUT2D eigenvalue weighted by Crippen LogP contribution is 2.38. The van der Waals surface area contributed by atoms with Crippen LogP contribution in [-0.2, 0) is 12.1 Å². The van der Waals surface area contributed by atoms with Crippen molar-refractivity contribution >= 4 is 34.1 Å². The topological polar surface area (TPSA) is 12.9 Å². The van der Waals surface area contributed by atoms with Crippen molar-refractivity contribution in [3.8, 4) is 0 Å². The molecular weight excluding hydrogens is 312 g/mol. The van der Waals surface area contributed by atoms with E-state index in [-0.39, 0.29) is 0 Å². The van der Waals surface area contributed by atoms with Crippen LogP contribution >= 0.6 is 23.2 Å². The van der Waals surface area contributed by atoms with Gasteiger partial charge in [-0.1, -0.05) is 11.6 Å². The van der Waals surface area contributed by atoms with Crippen LogP contribution in [0.1, 0.15) is 11.3 Å². The van der Waals surface area contributed by atoms with E-state index in [0.29, 0.717) is 12.1 Å². The second kappa shape index (κ2) is 4.76. The molecule has 0 saturated carbocycles. The molecule has 8 heteroatoms. The monoisotopic (exact) mass is 315 g/mol. The van der Waals surface area contributed by atoms with E-state index >= 15 is 0 Å². The molecule has 0 aliphatic carbocycles. The Morgan fingerprint density at radius 3 is 2.32 bits per heavy atom. The van der Waals surface area contributed by atoms with Crippen molar-refractivity contribution in [3.63, 3.8) is 0 Å². The first-order valence-electron chi connectivity index (χ1n) is 4.86. The molecule has 1 heterocycles. The molecule has 1 nitrogen and oxygen atoms in total. The molecule has 0 N–H and O–H groups in total. The summed E-state index contributed by atoms with van der Waals surface area (Å²) in [5.74, 6) is -2.68. The van der Waals surface area contributed by atoms with E-state index in [2.05, 4.69) is 4.98 Å². The predicted molar refractivity (Wildman–Crippen MR) is 61.2 cm³/mol. The third kappa shape index (κ3) is 2.34. The third-order valence-corrected chi connectivity index (χ3v) is 3.08. The molecule has 102 valence electrons. The maximum Gasteiger partial charge on any atom is 0.418 e. The highest BCUT2D eigenvalue weighted by molar-refractivity contribution is 6.35. The minimum absolute atomic E-state index is 0.463. The number of benzene rings is 1. The summed E-state index contributed by atoms with van der Waals surface area (Å²) < 4.78 is 65.5. The Morgan fingerprint density at radius 2 is 1.79 bits per heavy atom. The zero-order chi connectivity index (χ0) is 14.4. The molecule has 0 amide bonds. The van der Waals surface area contributed by atoms with Crippen molar-refractivity contribution in [2.45, 2.75) is 12.1 Å². The predicted octanol–water partition coefficient (Wildman–Crippen LogP) is 4.92. The summed E-state index contributed by atoms with van der Waals surface area (Å²) in [6.07, 6.45) is -4.76. The first kappa shape index (κ1) is 14.3. The Bertz CT molecular complexity index is 654. The molecule has 0 radical (unpaired) electrons. The maximum atomic E-state index is 13.6. The Balaban J connectivity index is 2.98. The van der Waals surface area contributed by atoms with Crippen LogP contribution in [0.15, 0.2) is 12.1 Å². The molecule has 0 saturated heterocycles. The minimum atomic E-state index is -4.76. The van der Waals surface area contributed by atoms with Gasteiger partial charge in [0.2, 0.25) is 0 Å². The van der Waals surface area contributed by atoms with E-state index < -0.39 is 50.9 Å². The lowest BCUT2D eigenvalue weighted by Crippen LogP contribution is -2.09. The molecule has 0 unspecified atom stereocenters. The molecule has 0 aliphatic heterocycles. The summed E-state index contributed by atoms with van der Waals surface area (Å²) in [5, 5.41) is -1.47. The van der Waals surface area contributed by atoms with Crippen LogP contribution in [0.4, 0.5) is 22.0 Å². The molecule has 1 aromatic heterocycles. The van der Waals surface area contributed by atoms with Crippen LogP contribution in [0.25, 0.3) is 10.9 Å². The zero-order valence-electron chi connectivity index (χ0n) is 8.95. The van der Waals surface area contributed by atoms with Gasteiger partial charge in [-0.2, -0.15) is 13.2 Å². The van der Waals surface area contributed by atoms with Gasteiger partial charge in [0.1, 0.15) is 5.82 Å². The van der Waals surface area contributed by atoms with Gasteiger partial charge < -0.3 is 0 Å². The second-order valence-electron chi connectivity index (χ2n) is 3.64. The van der Waals surface area contributed by atoms with Crippen LogP contribution in [0, 0.1) is 11.6 Å². The summed E-state index contributed by atoms with van der Waals surface area (Å²) in [7, 11) is 0. The molecule has 0 bridgehead atoms. The van der Waals surface area contributed by atoms with Crippen molar-refractivity contribution in [1.82, 2.24) is 4.98 Å². The summed E-state index contributed by atoms with van der Waals surface area (Å²) in [6, 6.07) is 1.09. The Kier molecular flexibility index (Phi) is 3.57. The Morgan fingerprint density at radius 1 is 1.16 bits per heavy atom. The average molecular weight is 316 g/mol.